The quantitative estimate of drug-likeness (QED) is 0.654. The zero-order valence-corrected chi connectivity index (χ0v) is 16.9. The topological polar surface area (TPSA) is 76.1 Å². The van der Waals surface area contributed by atoms with E-state index in [0.717, 1.165) is 5.56 Å². The highest BCUT2D eigenvalue weighted by molar-refractivity contribution is 7.91. The van der Waals surface area contributed by atoms with Gasteiger partial charge in [-0.1, -0.05) is 41.9 Å². The Morgan fingerprint density at radius 1 is 1.11 bits per heavy atom. The highest BCUT2D eigenvalue weighted by Crippen LogP contribution is 2.28. The molecule has 0 radical (unpaired) electrons. The second-order valence-electron chi connectivity index (χ2n) is 5.83. The normalized spacial score (nSPS) is 11.3. The third kappa shape index (κ3) is 4.74. The number of rotatable bonds is 6. The maximum absolute atomic E-state index is 12.4. The van der Waals surface area contributed by atoms with Gasteiger partial charge in [0.15, 0.2) is 9.84 Å². The fraction of sp³-hybridized carbons (Fsp3) is 0.158. The van der Waals surface area contributed by atoms with Crippen molar-refractivity contribution in [1.29, 1.82) is 0 Å². The Labute approximate surface area is 167 Å². The van der Waals surface area contributed by atoms with Crippen molar-refractivity contribution >= 4 is 38.7 Å². The molecule has 0 atom stereocenters. The molecular weight excluding hydrogens is 404 g/mol. The molecule has 27 heavy (non-hydrogen) atoms. The summed E-state index contributed by atoms with van der Waals surface area (Å²) in [5, 5.41) is 4.01. The van der Waals surface area contributed by atoms with Gasteiger partial charge in [-0.3, -0.25) is 4.79 Å². The maximum atomic E-state index is 12.4. The predicted octanol–water partition coefficient (Wildman–Crippen LogP) is 3.98. The summed E-state index contributed by atoms with van der Waals surface area (Å²) in [6.07, 6.45) is 0. The summed E-state index contributed by atoms with van der Waals surface area (Å²) >= 11 is 7.16. The minimum Gasteiger partial charge on any atom is -0.350 e. The molecule has 0 unspecified atom stereocenters. The van der Waals surface area contributed by atoms with Crippen molar-refractivity contribution in [3.8, 4) is 10.6 Å². The lowest BCUT2D eigenvalue weighted by atomic mass is 10.2. The van der Waals surface area contributed by atoms with Crippen molar-refractivity contribution < 1.29 is 13.2 Å². The van der Waals surface area contributed by atoms with Crippen LogP contribution in [0.2, 0.25) is 5.02 Å². The Hall–Kier alpha value is -2.22. The monoisotopic (exact) mass is 420 g/mol. The van der Waals surface area contributed by atoms with E-state index in [1.54, 1.807) is 49.4 Å². The number of hydrogen-bond donors (Lipinski definition) is 1. The summed E-state index contributed by atoms with van der Waals surface area (Å²) in [5.74, 6) is -0.488. The van der Waals surface area contributed by atoms with E-state index in [1.807, 2.05) is 12.1 Å². The van der Waals surface area contributed by atoms with Crippen LogP contribution in [0.5, 0.6) is 0 Å². The number of aryl methyl sites for hydroxylation is 1. The van der Waals surface area contributed by atoms with Crippen LogP contribution in [-0.4, -0.2) is 31.6 Å². The lowest BCUT2D eigenvalue weighted by Crippen LogP contribution is -2.29. The smallest absolute Gasteiger partial charge is 0.263 e. The number of nitrogens with one attached hydrogen (secondary N) is 1. The zero-order chi connectivity index (χ0) is 19.4. The fourth-order valence-corrected chi connectivity index (χ4v) is 4.74. The number of benzene rings is 2. The van der Waals surface area contributed by atoms with Crippen molar-refractivity contribution in [1.82, 2.24) is 10.3 Å². The average Bonchev–Trinajstić information content (AvgIpc) is 3.04. The maximum Gasteiger partial charge on any atom is 0.263 e. The number of halogens is 1. The molecule has 0 aliphatic carbocycles. The van der Waals surface area contributed by atoms with Gasteiger partial charge in [0.1, 0.15) is 9.88 Å². The zero-order valence-electron chi connectivity index (χ0n) is 14.5. The van der Waals surface area contributed by atoms with Gasteiger partial charge in [0, 0.05) is 17.1 Å². The number of aromatic nitrogens is 1. The summed E-state index contributed by atoms with van der Waals surface area (Å²) in [6, 6.07) is 15.4. The number of amides is 1. The minimum absolute atomic E-state index is 0.0314. The van der Waals surface area contributed by atoms with E-state index in [4.69, 9.17) is 11.6 Å². The van der Waals surface area contributed by atoms with Crippen LogP contribution < -0.4 is 5.32 Å². The van der Waals surface area contributed by atoms with E-state index in [1.165, 1.54) is 11.3 Å². The van der Waals surface area contributed by atoms with Crippen molar-refractivity contribution in [2.24, 2.45) is 0 Å². The van der Waals surface area contributed by atoms with E-state index in [2.05, 4.69) is 10.3 Å². The van der Waals surface area contributed by atoms with Gasteiger partial charge in [0.25, 0.3) is 5.91 Å². The summed E-state index contributed by atoms with van der Waals surface area (Å²) < 4.78 is 24.5. The second kappa shape index (κ2) is 8.21. The highest BCUT2D eigenvalue weighted by atomic mass is 35.5. The lowest BCUT2D eigenvalue weighted by Gasteiger charge is -2.06. The van der Waals surface area contributed by atoms with E-state index in [-0.39, 0.29) is 23.1 Å². The molecule has 3 rings (SSSR count). The van der Waals surface area contributed by atoms with Crippen molar-refractivity contribution in [2.75, 3.05) is 12.3 Å². The van der Waals surface area contributed by atoms with Crippen molar-refractivity contribution in [2.45, 2.75) is 11.8 Å². The number of hydrogen-bond acceptors (Lipinski definition) is 5. The first-order valence-electron chi connectivity index (χ1n) is 8.16. The molecule has 140 valence electrons. The molecule has 0 aliphatic heterocycles. The molecule has 1 N–H and O–H groups in total. The summed E-state index contributed by atoms with van der Waals surface area (Å²) in [4.78, 5) is 17.6. The molecule has 0 fully saturated rings. The molecule has 1 aromatic heterocycles. The molecule has 5 nitrogen and oxygen atoms in total. The molecule has 1 heterocycles. The van der Waals surface area contributed by atoms with Crippen LogP contribution in [0.1, 0.15) is 15.4 Å². The predicted molar refractivity (Wildman–Crippen MR) is 108 cm³/mol. The average molecular weight is 421 g/mol. The van der Waals surface area contributed by atoms with Crippen LogP contribution in [0.15, 0.2) is 59.5 Å². The van der Waals surface area contributed by atoms with E-state index in [0.29, 0.717) is 20.6 Å². The SMILES string of the molecule is Cc1nc(-c2ccc(Cl)cc2)sc1C(=O)NCCS(=O)(=O)c1ccccc1. The molecule has 0 saturated carbocycles. The summed E-state index contributed by atoms with van der Waals surface area (Å²) in [7, 11) is -3.43. The van der Waals surface area contributed by atoms with Gasteiger partial charge in [0.2, 0.25) is 0 Å². The second-order valence-corrected chi connectivity index (χ2v) is 9.37. The van der Waals surface area contributed by atoms with Gasteiger partial charge in [-0.25, -0.2) is 13.4 Å². The standard InChI is InChI=1S/C19H17ClN2O3S2/c1-13-17(26-19(22-13)14-7-9-15(20)10-8-14)18(23)21-11-12-27(24,25)16-5-3-2-4-6-16/h2-10H,11-12H2,1H3,(H,21,23). The molecule has 0 aliphatic rings. The number of thiazole rings is 1. The van der Waals surface area contributed by atoms with Gasteiger partial charge < -0.3 is 5.32 Å². The molecule has 8 heteroatoms. The van der Waals surface area contributed by atoms with Crippen LogP contribution in [0.25, 0.3) is 10.6 Å². The number of carbonyl (C=O) groups is 1. The van der Waals surface area contributed by atoms with E-state index < -0.39 is 9.84 Å². The summed E-state index contributed by atoms with van der Waals surface area (Å²) in [6.45, 7) is 1.79. The van der Waals surface area contributed by atoms with Crippen LogP contribution in [-0.2, 0) is 9.84 Å². The van der Waals surface area contributed by atoms with E-state index in [9.17, 15) is 13.2 Å². The Morgan fingerprint density at radius 3 is 2.44 bits per heavy atom. The Bertz CT molecular complexity index is 1050. The van der Waals surface area contributed by atoms with Gasteiger partial charge in [-0.15, -0.1) is 11.3 Å². The number of nitrogens with zero attached hydrogens (tertiary/aromatic N) is 1. The van der Waals surface area contributed by atoms with Gasteiger partial charge >= 0.3 is 0 Å². The number of carbonyl (C=O) groups excluding carboxylic acids is 1. The molecular formula is C19H17ClN2O3S2. The molecule has 3 aromatic rings. The van der Waals surface area contributed by atoms with E-state index >= 15 is 0 Å². The molecule has 1 amide bonds. The largest absolute Gasteiger partial charge is 0.350 e. The third-order valence-corrected chi connectivity index (χ3v) is 7.04. The minimum atomic E-state index is -3.43. The van der Waals surface area contributed by atoms with Gasteiger partial charge in [-0.2, -0.15) is 0 Å². The molecule has 2 aromatic carbocycles. The number of sulfone groups is 1. The molecule has 0 saturated heterocycles. The highest BCUT2D eigenvalue weighted by Gasteiger charge is 2.18. The van der Waals surface area contributed by atoms with Crippen LogP contribution in [0.4, 0.5) is 0 Å². The first kappa shape index (κ1) is 19.5. The Morgan fingerprint density at radius 2 is 1.78 bits per heavy atom. The Balaban J connectivity index is 1.66. The van der Waals surface area contributed by atoms with Crippen molar-refractivity contribution in [3.05, 3.63) is 70.2 Å². The first-order chi connectivity index (χ1) is 12.9. The van der Waals surface area contributed by atoms with Crippen LogP contribution >= 0.6 is 22.9 Å². The van der Waals surface area contributed by atoms with Crippen LogP contribution in [0, 0.1) is 6.92 Å². The lowest BCUT2D eigenvalue weighted by molar-refractivity contribution is 0.0959. The molecule has 0 spiro atoms. The van der Waals surface area contributed by atoms with Crippen molar-refractivity contribution in [3.63, 3.8) is 0 Å². The molecule has 0 bridgehead atoms. The third-order valence-electron chi connectivity index (χ3n) is 3.85. The Kier molecular flexibility index (Phi) is 5.94. The summed E-state index contributed by atoms with van der Waals surface area (Å²) in [5.41, 5.74) is 1.48. The van der Waals surface area contributed by atoms with Crippen LogP contribution in [0.3, 0.4) is 0 Å². The van der Waals surface area contributed by atoms with Gasteiger partial charge in [-0.05, 0) is 31.2 Å². The fourth-order valence-electron chi connectivity index (χ4n) is 2.45. The van der Waals surface area contributed by atoms with Gasteiger partial charge in [0.05, 0.1) is 16.3 Å². The first-order valence-corrected chi connectivity index (χ1v) is 11.0.